The monoisotopic (exact) mass is 645 g/mol. The van der Waals surface area contributed by atoms with Gasteiger partial charge < -0.3 is 24.8 Å². The van der Waals surface area contributed by atoms with Crippen LogP contribution in [-0.2, 0) is 20.9 Å². The van der Waals surface area contributed by atoms with Crippen LogP contribution in [0.15, 0.2) is 108 Å². The molecule has 0 spiro atoms. The summed E-state index contributed by atoms with van der Waals surface area (Å²) >= 11 is -1.88. The molecular weight excluding hydrogens is 611 g/mol. The third-order valence-corrected chi connectivity index (χ3v) is 27.0. The molecule has 2 aliphatic carbocycles. The van der Waals surface area contributed by atoms with Gasteiger partial charge in [-0.25, -0.2) is 0 Å². The zero-order valence-electron chi connectivity index (χ0n) is 23.5. The van der Waals surface area contributed by atoms with Gasteiger partial charge in [-0.2, -0.15) is 0 Å². The van der Waals surface area contributed by atoms with Crippen LogP contribution >= 0.6 is 0 Å². The van der Waals surface area contributed by atoms with Gasteiger partial charge in [0.05, 0.1) is 0 Å². The summed E-state index contributed by atoms with van der Waals surface area (Å²) in [7, 11) is 0. The zero-order chi connectivity index (χ0) is 25.9. The van der Waals surface area contributed by atoms with Crippen LogP contribution in [0.2, 0.25) is 6.55 Å². The van der Waals surface area contributed by atoms with E-state index >= 15 is 0 Å². The van der Waals surface area contributed by atoms with Crippen LogP contribution in [0.25, 0.3) is 34.4 Å². The van der Waals surface area contributed by atoms with Gasteiger partial charge in [0.1, 0.15) is 0 Å². The fourth-order valence-corrected chi connectivity index (χ4v) is 27.0. The minimum absolute atomic E-state index is 0. The van der Waals surface area contributed by atoms with Gasteiger partial charge in [-0.3, -0.25) is 0 Å². The molecule has 0 nitrogen and oxygen atoms in total. The third-order valence-electron chi connectivity index (χ3n) is 7.88. The molecule has 6 rings (SSSR count). The molecule has 0 N–H and O–H groups in total. The third kappa shape index (κ3) is 5.91. The number of hydrogen-bond acceptors (Lipinski definition) is 0. The standard InChI is InChI=1S/2C16H13.C2H6.CH5Si.2ClH.Zr/c2*1-12-10-14-8-5-9-15(16(14)11-12)13-6-3-2-4-7-13;2*1-2;;;/h2*2-11H,1H3;1-2H3;2H2,1H3;2*1H;/q;;;;;;+2/p-2. The van der Waals surface area contributed by atoms with Crippen molar-refractivity contribution in [3.63, 3.8) is 0 Å². The molecule has 0 heterocycles. The average molecular weight is 648 g/mol. The van der Waals surface area contributed by atoms with Crippen LogP contribution in [-0.4, -0.2) is 6.65 Å². The van der Waals surface area contributed by atoms with Crippen LogP contribution in [0.5, 0.6) is 0 Å². The summed E-state index contributed by atoms with van der Waals surface area (Å²) in [6, 6.07) is 36.0. The SMILES string of the molecule is CC.C[SiH2][Zr+2]([CH]1C(C)=Cc2c(-c3ccccc3)cccc21)[CH]1C(C)=Cc2c(-c3ccccc3)cccc21.[Cl-].[Cl-]. The maximum atomic E-state index is 2.60. The summed E-state index contributed by atoms with van der Waals surface area (Å²) in [6.07, 6.45) is 5.06. The quantitative estimate of drug-likeness (QED) is 0.292. The molecule has 0 radical (unpaired) electrons. The molecule has 0 fully saturated rings. The number of allylic oxidation sites excluding steroid dienone is 2. The van der Waals surface area contributed by atoms with Gasteiger partial charge in [-0.1, -0.05) is 13.8 Å². The van der Waals surface area contributed by atoms with E-state index in [4.69, 9.17) is 0 Å². The van der Waals surface area contributed by atoms with E-state index in [2.05, 4.69) is 130 Å². The van der Waals surface area contributed by atoms with Crippen LogP contribution in [0.3, 0.4) is 0 Å². The number of halogens is 2. The number of hydrogen-bond donors (Lipinski definition) is 0. The Morgan fingerprint density at radius 1 is 0.538 bits per heavy atom. The van der Waals surface area contributed by atoms with Gasteiger partial charge in [-0.05, 0) is 0 Å². The van der Waals surface area contributed by atoms with Crippen molar-refractivity contribution in [3.8, 4) is 22.3 Å². The van der Waals surface area contributed by atoms with E-state index in [9.17, 15) is 0 Å². The molecule has 4 aromatic carbocycles. The van der Waals surface area contributed by atoms with Crippen LogP contribution in [0.4, 0.5) is 0 Å². The van der Waals surface area contributed by atoms with Crippen molar-refractivity contribution in [1.82, 2.24) is 0 Å². The van der Waals surface area contributed by atoms with E-state index in [1.165, 1.54) is 33.4 Å². The Morgan fingerprint density at radius 2 is 0.923 bits per heavy atom. The average Bonchev–Trinajstić information content (AvgIpc) is 3.47. The minimum atomic E-state index is -1.88. The minimum Gasteiger partial charge on any atom is -1.00 e. The molecular formula is C35H37Cl2SiZr. The zero-order valence-corrected chi connectivity index (χ0v) is 28.9. The predicted octanol–water partition coefficient (Wildman–Crippen LogP) is 3.42. The van der Waals surface area contributed by atoms with Gasteiger partial charge in [0.15, 0.2) is 0 Å². The topological polar surface area (TPSA) is 0 Å². The molecule has 0 aromatic heterocycles. The Balaban J connectivity index is 0.00000103. The smallest absolute Gasteiger partial charge is 1.00 e. The molecule has 2 atom stereocenters. The fraction of sp³-hybridized carbons (Fsp3) is 0.200. The summed E-state index contributed by atoms with van der Waals surface area (Å²) in [5.74, 6) is 0. The second kappa shape index (κ2) is 14.1. The predicted molar refractivity (Wildman–Crippen MR) is 162 cm³/mol. The molecule has 39 heavy (non-hydrogen) atoms. The summed E-state index contributed by atoms with van der Waals surface area (Å²) in [6.45, 7) is 11.3. The van der Waals surface area contributed by atoms with E-state index in [1.807, 2.05) is 13.8 Å². The molecule has 2 aliphatic rings. The Labute approximate surface area is 256 Å². The Morgan fingerprint density at radius 3 is 1.28 bits per heavy atom. The van der Waals surface area contributed by atoms with E-state index in [0.717, 1.165) is 0 Å². The van der Waals surface area contributed by atoms with E-state index in [0.29, 0.717) is 7.25 Å². The summed E-state index contributed by atoms with van der Waals surface area (Å²) in [5.41, 5.74) is 14.9. The molecule has 0 bridgehead atoms. The van der Waals surface area contributed by atoms with Crippen LogP contribution < -0.4 is 24.8 Å². The van der Waals surface area contributed by atoms with Crippen LogP contribution in [0, 0.1) is 0 Å². The van der Waals surface area contributed by atoms with Crippen LogP contribution in [0.1, 0.15) is 57.2 Å². The maximum absolute atomic E-state index is 2.60. The van der Waals surface area contributed by atoms with Crippen molar-refractivity contribution >= 4 is 18.8 Å². The molecule has 4 heteroatoms. The fourth-order valence-electron chi connectivity index (χ4n) is 6.40. The molecule has 0 saturated heterocycles. The van der Waals surface area contributed by atoms with Crippen molar-refractivity contribution in [2.24, 2.45) is 0 Å². The normalized spacial score (nSPS) is 16.6. The largest absolute Gasteiger partial charge is 1.00 e. The van der Waals surface area contributed by atoms with Crippen molar-refractivity contribution in [1.29, 1.82) is 0 Å². The van der Waals surface area contributed by atoms with E-state index < -0.39 is 20.9 Å². The second-order valence-electron chi connectivity index (χ2n) is 9.92. The Bertz CT molecular complexity index is 1350. The summed E-state index contributed by atoms with van der Waals surface area (Å²) in [4.78, 5) is 0. The van der Waals surface area contributed by atoms with Crippen molar-refractivity contribution in [2.75, 3.05) is 0 Å². The molecule has 4 aromatic rings. The first-order valence-corrected chi connectivity index (χ1v) is 23.9. The summed E-state index contributed by atoms with van der Waals surface area (Å²) in [5, 5.41) is 0. The van der Waals surface area contributed by atoms with Crippen molar-refractivity contribution in [2.45, 2.75) is 41.5 Å². The van der Waals surface area contributed by atoms with Crippen molar-refractivity contribution in [3.05, 3.63) is 130 Å². The first-order chi connectivity index (χ1) is 18.2. The summed E-state index contributed by atoms with van der Waals surface area (Å²) < 4.78 is 1.40. The Hall–Kier alpha value is -1.96. The van der Waals surface area contributed by atoms with Crippen molar-refractivity contribution < 1.29 is 45.7 Å². The molecule has 0 saturated carbocycles. The van der Waals surface area contributed by atoms with Gasteiger partial charge in [-0.15, -0.1) is 0 Å². The van der Waals surface area contributed by atoms with E-state index in [-0.39, 0.29) is 31.5 Å². The molecule has 2 unspecified atom stereocenters. The maximum Gasteiger partial charge on any atom is -1.00 e. The van der Waals surface area contributed by atoms with Gasteiger partial charge >= 0.3 is 220 Å². The Kier molecular flexibility index (Phi) is 11.4. The first-order valence-electron chi connectivity index (χ1n) is 13.8. The van der Waals surface area contributed by atoms with Gasteiger partial charge in [0, 0.05) is 0 Å². The second-order valence-corrected chi connectivity index (χ2v) is 26.3. The molecule has 0 amide bonds. The number of rotatable bonds is 5. The van der Waals surface area contributed by atoms with Gasteiger partial charge in [0.25, 0.3) is 0 Å². The molecule has 199 valence electrons. The van der Waals surface area contributed by atoms with E-state index in [1.54, 1.807) is 22.3 Å². The number of fused-ring (bicyclic) bond motifs is 2. The molecule has 0 aliphatic heterocycles. The first kappa shape index (κ1) is 31.6. The number of benzene rings is 4. The van der Waals surface area contributed by atoms with Gasteiger partial charge in [0.2, 0.25) is 0 Å².